The van der Waals surface area contributed by atoms with Crippen molar-refractivity contribution in [2.24, 2.45) is 0 Å². The van der Waals surface area contributed by atoms with E-state index in [0.29, 0.717) is 5.92 Å². The highest BCUT2D eigenvalue weighted by Crippen LogP contribution is 2.58. The number of methoxy groups -OCH3 is 1. The summed E-state index contributed by atoms with van der Waals surface area (Å²) in [5, 5.41) is 0. The van der Waals surface area contributed by atoms with Crippen LogP contribution in [0.3, 0.4) is 0 Å². The van der Waals surface area contributed by atoms with Crippen molar-refractivity contribution in [2.45, 2.75) is 49.2 Å². The van der Waals surface area contributed by atoms with E-state index >= 15 is 0 Å². The molecular formula is C23H26O3. The van der Waals surface area contributed by atoms with Crippen LogP contribution in [-0.4, -0.2) is 26.1 Å². The Labute approximate surface area is 155 Å². The lowest BCUT2D eigenvalue weighted by Crippen LogP contribution is -2.43. The SMILES string of the molecule is COc1ccc(C2Cc3ccccc3C23CCC2(CC3)OCCO2)cc1. The zero-order valence-electron chi connectivity index (χ0n) is 15.4. The molecule has 3 nitrogen and oxygen atoms in total. The van der Waals surface area contributed by atoms with Gasteiger partial charge < -0.3 is 14.2 Å². The van der Waals surface area contributed by atoms with Gasteiger partial charge in [0.15, 0.2) is 5.79 Å². The largest absolute Gasteiger partial charge is 0.497 e. The van der Waals surface area contributed by atoms with Gasteiger partial charge in [0.05, 0.1) is 20.3 Å². The monoisotopic (exact) mass is 350 g/mol. The molecule has 2 aromatic rings. The second-order valence-corrected chi connectivity index (χ2v) is 7.95. The first-order chi connectivity index (χ1) is 12.7. The molecule has 2 aliphatic carbocycles. The quantitative estimate of drug-likeness (QED) is 0.793. The van der Waals surface area contributed by atoms with E-state index in [4.69, 9.17) is 14.2 Å². The van der Waals surface area contributed by atoms with Gasteiger partial charge >= 0.3 is 0 Å². The van der Waals surface area contributed by atoms with Gasteiger partial charge in [0.2, 0.25) is 0 Å². The first-order valence-electron chi connectivity index (χ1n) is 9.75. The topological polar surface area (TPSA) is 27.7 Å². The average Bonchev–Trinajstić information content (AvgIpc) is 3.28. The molecular weight excluding hydrogens is 324 g/mol. The highest BCUT2D eigenvalue weighted by atomic mass is 16.7. The Bertz CT molecular complexity index is 779. The Morgan fingerprint density at radius 2 is 1.58 bits per heavy atom. The molecule has 1 saturated heterocycles. The Hall–Kier alpha value is -1.84. The van der Waals surface area contributed by atoms with E-state index in [1.54, 1.807) is 12.7 Å². The molecule has 1 saturated carbocycles. The van der Waals surface area contributed by atoms with Crippen LogP contribution in [0.2, 0.25) is 0 Å². The fourth-order valence-corrected chi connectivity index (χ4v) is 5.54. The van der Waals surface area contributed by atoms with Crippen LogP contribution in [0.4, 0.5) is 0 Å². The van der Waals surface area contributed by atoms with Gasteiger partial charge in [-0.05, 0) is 54.0 Å². The Balaban J connectivity index is 1.52. The molecule has 2 aromatic carbocycles. The van der Waals surface area contributed by atoms with Gasteiger partial charge in [-0.2, -0.15) is 0 Å². The van der Waals surface area contributed by atoms with Gasteiger partial charge in [-0.3, -0.25) is 0 Å². The van der Waals surface area contributed by atoms with E-state index < -0.39 is 0 Å². The van der Waals surface area contributed by atoms with E-state index in [0.717, 1.165) is 51.1 Å². The van der Waals surface area contributed by atoms with Crippen LogP contribution in [0, 0.1) is 0 Å². The van der Waals surface area contributed by atoms with Crippen molar-refractivity contribution in [1.82, 2.24) is 0 Å². The number of hydrogen-bond donors (Lipinski definition) is 0. The van der Waals surface area contributed by atoms with E-state index in [1.807, 2.05) is 0 Å². The summed E-state index contributed by atoms with van der Waals surface area (Å²) in [6.07, 6.45) is 5.36. The molecule has 0 bridgehead atoms. The predicted molar refractivity (Wildman–Crippen MR) is 101 cm³/mol. The molecule has 0 radical (unpaired) electrons. The summed E-state index contributed by atoms with van der Waals surface area (Å²) in [6.45, 7) is 1.48. The third kappa shape index (κ3) is 2.41. The minimum Gasteiger partial charge on any atom is -0.497 e. The summed E-state index contributed by atoms with van der Waals surface area (Å²) in [7, 11) is 1.73. The number of ether oxygens (including phenoxy) is 3. The summed E-state index contributed by atoms with van der Waals surface area (Å²) in [5.74, 6) is 1.13. The molecule has 2 fully saturated rings. The van der Waals surface area contributed by atoms with E-state index in [9.17, 15) is 0 Å². The van der Waals surface area contributed by atoms with Crippen molar-refractivity contribution < 1.29 is 14.2 Å². The van der Waals surface area contributed by atoms with Crippen LogP contribution in [-0.2, 0) is 21.3 Å². The van der Waals surface area contributed by atoms with Crippen LogP contribution < -0.4 is 4.74 Å². The average molecular weight is 350 g/mol. The smallest absolute Gasteiger partial charge is 0.168 e. The van der Waals surface area contributed by atoms with Gasteiger partial charge in [-0.1, -0.05) is 36.4 Å². The van der Waals surface area contributed by atoms with Crippen molar-refractivity contribution in [3.63, 3.8) is 0 Å². The standard InChI is InChI=1S/C23H26O3/c1-24-19-8-6-17(7-9-19)21-16-18-4-2-3-5-20(18)22(21)10-12-23(13-11-22)25-14-15-26-23/h2-9,21H,10-16H2,1H3. The molecule has 0 aromatic heterocycles. The Morgan fingerprint density at radius 1 is 0.885 bits per heavy atom. The normalized spacial score (nSPS) is 25.5. The van der Waals surface area contributed by atoms with Crippen molar-refractivity contribution >= 4 is 0 Å². The minimum absolute atomic E-state index is 0.200. The lowest BCUT2D eigenvalue weighted by Gasteiger charge is -2.45. The Morgan fingerprint density at radius 3 is 2.27 bits per heavy atom. The number of benzene rings is 2. The molecule has 1 unspecified atom stereocenters. The van der Waals surface area contributed by atoms with Crippen LogP contribution in [0.1, 0.15) is 48.3 Å². The van der Waals surface area contributed by atoms with Gasteiger partial charge in [0.1, 0.15) is 5.75 Å². The maximum absolute atomic E-state index is 6.00. The molecule has 2 spiro atoms. The summed E-state index contributed by atoms with van der Waals surface area (Å²) in [6, 6.07) is 17.7. The molecule has 26 heavy (non-hydrogen) atoms. The summed E-state index contributed by atoms with van der Waals surface area (Å²) in [4.78, 5) is 0. The third-order valence-electron chi connectivity index (χ3n) is 6.88. The molecule has 0 N–H and O–H groups in total. The third-order valence-corrected chi connectivity index (χ3v) is 6.88. The van der Waals surface area contributed by atoms with Crippen molar-refractivity contribution in [3.8, 4) is 5.75 Å². The van der Waals surface area contributed by atoms with Gasteiger partial charge in [0, 0.05) is 18.3 Å². The second kappa shape index (κ2) is 6.11. The van der Waals surface area contributed by atoms with Crippen LogP contribution in [0.25, 0.3) is 0 Å². The van der Waals surface area contributed by atoms with Gasteiger partial charge in [0.25, 0.3) is 0 Å². The molecule has 1 atom stereocenters. The van der Waals surface area contributed by atoms with E-state index in [2.05, 4.69) is 48.5 Å². The van der Waals surface area contributed by atoms with Crippen molar-refractivity contribution in [2.75, 3.05) is 20.3 Å². The number of hydrogen-bond acceptors (Lipinski definition) is 3. The van der Waals surface area contributed by atoms with Crippen molar-refractivity contribution in [1.29, 1.82) is 0 Å². The maximum Gasteiger partial charge on any atom is 0.168 e. The zero-order chi connectivity index (χ0) is 17.6. The van der Waals surface area contributed by atoms with Crippen LogP contribution in [0.5, 0.6) is 5.75 Å². The minimum atomic E-state index is -0.312. The van der Waals surface area contributed by atoms with E-state index in [-0.39, 0.29) is 11.2 Å². The summed E-state index contributed by atoms with van der Waals surface area (Å²) >= 11 is 0. The molecule has 1 aliphatic heterocycles. The van der Waals surface area contributed by atoms with Gasteiger partial charge in [-0.15, -0.1) is 0 Å². The number of fused-ring (bicyclic) bond motifs is 2. The van der Waals surface area contributed by atoms with Crippen LogP contribution in [0.15, 0.2) is 48.5 Å². The predicted octanol–water partition coefficient (Wildman–Crippen LogP) is 4.59. The maximum atomic E-state index is 6.00. The fourth-order valence-electron chi connectivity index (χ4n) is 5.54. The second-order valence-electron chi connectivity index (χ2n) is 7.95. The molecule has 3 heteroatoms. The molecule has 0 amide bonds. The highest BCUT2D eigenvalue weighted by molar-refractivity contribution is 5.47. The molecule has 3 aliphatic rings. The zero-order valence-corrected chi connectivity index (χ0v) is 15.4. The highest BCUT2D eigenvalue weighted by Gasteiger charge is 2.53. The van der Waals surface area contributed by atoms with Crippen molar-refractivity contribution in [3.05, 3.63) is 65.2 Å². The number of rotatable bonds is 2. The molecule has 5 rings (SSSR count). The first kappa shape index (κ1) is 16.3. The van der Waals surface area contributed by atoms with Gasteiger partial charge in [-0.25, -0.2) is 0 Å². The lowest BCUT2D eigenvalue weighted by atomic mass is 9.62. The lowest BCUT2D eigenvalue weighted by molar-refractivity contribution is -0.186. The molecule has 1 heterocycles. The summed E-state index contributed by atoms with van der Waals surface area (Å²) in [5.41, 5.74) is 4.68. The first-order valence-corrected chi connectivity index (χ1v) is 9.75. The Kier molecular flexibility index (Phi) is 3.84. The van der Waals surface area contributed by atoms with Crippen LogP contribution >= 0.6 is 0 Å². The fraction of sp³-hybridized carbons (Fsp3) is 0.478. The molecule has 136 valence electrons. The summed E-state index contributed by atoms with van der Waals surface area (Å²) < 4.78 is 17.4. The van der Waals surface area contributed by atoms with E-state index in [1.165, 1.54) is 11.1 Å².